The molecule has 0 aliphatic carbocycles. The average molecular weight is 469 g/mol. The Morgan fingerprint density at radius 3 is 2.67 bits per heavy atom. The second-order valence-corrected chi connectivity index (χ2v) is 10.3. The Kier molecular flexibility index (Phi) is 8.19. The van der Waals surface area contributed by atoms with Gasteiger partial charge < -0.3 is 10.1 Å². The summed E-state index contributed by atoms with van der Waals surface area (Å²) in [5.74, 6) is 1.22. The van der Waals surface area contributed by atoms with E-state index in [4.69, 9.17) is 16.3 Å². The number of rotatable bonds is 8. The van der Waals surface area contributed by atoms with Gasteiger partial charge in [-0.1, -0.05) is 35.9 Å². The number of sulfonamides is 1. The van der Waals surface area contributed by atoms with Gasteiger partial charge in [-0.25, -0.2) is 8.42 Å². The molecule has 2 aromatic rings. The average Bonchev–Trinajstić information content (AvgIpc) is 2.75. The number of nitrogens with zero attached hydrogens (tertiary/aromatic N) is 1. The van der Waals surface area contributed by atoms with Crippen LogP contribution in [0.25, 0.3) is 0 Å². The molecule has 1 amide bonds. The molecule has 1 aliphatic rings. The highest BCUT2D eigenvalue weighted by atomic mass is 35.5. The van der Waals surface area contributed by atoms with Gasteiger partial charge in [-0.05, 0) is 36.2 Å². The second kappa shape index (κ2) is 10.6. The first-order valence-corrected chi connectivity index (χ1v) is 12.6. The van der Waals surface area contributed by atoms with Crippen molar-refractivity contribution in [3.8, 4) is 0 Å². The van der Waals surface area contributed by atoms with Crippen molar-refractivity contribution in [2.75, 3.05) is 38.6 Å². The molecule has 3 rings (SSSR count). The molecule has 1 heterocycles. The molecule has 1 fully saturated rings. The summed E-state index contributed by atoms with van der Waals surface area (Å²) in [4.78, 5) is 12.8. The summed E-state index contributed by atoms with van der Waals surface area (Å²) in [6.45, 7) is 3.68. The number of carbonyl (C=O) groups excluding carboxylic acids is 1. The van der Waals surface area contributed by atoms with Gasteiger partial charge in [-0.3, -0.25) is 4.79 Å². The maximum absolute atomic E-state index is 12.9. The predicted molar refractivity (Wildman–Crippen MR) is 121 cm³/mol. The van der Waals surface area contributed by atoms with E-state index in [-0.39, 0.29) is 10.8 Å². The molecule has 0 aromatic heterocycles. The summed E-state index contributed by atoms with van der Waals surface area (Å²) < 4.78 is 32.3. The molecule has 0 spiro atoms. The second-order valence-electron chi connectivity index (χ2n) is 6.89. The van der Waals surface area contributed by atoms with E-state index in [0.717, 1.165) is 27.7 Å². The van der Waals surface area contributed by atoms with Crippen molar-refractivity contribution in [1.29, 1.82) is 0 Å². The summed E-state index contributed by atoms with van der Waals surface area (Å²) in [7, 11) is -3.64. The number of halogens is 1. The van der Waals surface area contributed by atoms with E-state index in [1.54, 1.807) is 30.8 Å². The SMILES string of the molecule is Cc1ccc(S(=O)(=O)N2CCOCC2)cc1C(=O)NCCSCc1ccccc1Cl. The van der Waals surface area contributed by atoms with Gasteiger partial charge in [-0.2, -0.15) is 16.1 Å². The summed E-state index contributed by atoms with van der Waals surface area (Å²) in [6, 6.07) is 12.4. The lowest BCUT2D eigenvalue weighted by Crippen LogP contribution is -2.40. The Labute approximate surface area is 187 Å². The Bertz CT molecular complexity index is 992. The molecule has 0 unspecified atom stereocenters. The standard InChI is InChI=1S/C21H25ClN2O4S2/c1-16-6-7-18(30(26,27)24-9-11-28-12-10-24)14-19(16)21(25)23-8-13-29-15-17-4-2-3-5-20(17)22/h2-7,14H,8-13,15H2,1H3,(H,23,25). The number of carbonyl (C=O) groups is 1. The van der Waals surface area contributed by atoms with E-state index in [1.165, 1.54) is 10.4 Å². The highest BCUT2D eigenvalue weighted by Gasteiger charge is 2.27. The van der Waals surface area contributed by atoms with Gasteiger partial charge in [0.05, 0.1) is 18.1 Å². The van der Waals surface area contributed by atoms with Gasteiger partial charge >= 0.3 is 0 Å². The molecule has 1 saturated heterocycles. The van der Waals surface area contributed by atoms with E-state index in [1.807, 2.05) is 24.3 Å². The zero-order valence-corrected chi connectivity index (χ0v) is 19.2. The van der Waals surface area contributed by atoms with Crippen molar-refractivity contribution < 1.29 is 17.9 Å². The first-order valence-electron chi connectivity index (χ1n) is 9.67. The molecule has 162 valence electrons. The van der Waals surface area contributed by atoms with Crippen LogP contribution in [-0.2, 0) is 20.5 Å². The van der Waals surface area contributed by atoms with Crippen LogP contribution in [0.15, 0.2) is 47.4 Å². The minimum Gasteiger partial charge on any atom is -0.379 e. The molecular formula is C21H25ClN2O4S2. The third kappa shape index (κ3) is 5.76. The van der Waals surface area contributed by atoms with Gasteiger partial charge in [0.2, 0.25) is 10.0 Å². The number of hydrogen-bond donors (Lipinski definition) is 1. The lowest BCUT2D eigenvalue weighted by Gasteiger charge is -2.26. The van der Waals surface area contributed by atoms with Gasteiger partial charge in [0.25, 0.3) is 5.91 Å². The quantitative estimate of drug-likeness (QED) is 0.601. The largest absolute Gasteiger partial charge is 0.379 e. The molecule has 1 N–H and O–H groups in total. The zero-order chi connectivity index (χ0) is 21.6. The van der Waals surface area contributed by atoms with E-state index < -0.39 is 10.0 Å². The fraction of sp³-hybridized carbons (Fsp3) is 0.381. The van der Waals surface area contributed by atoms with Crippen LogP contribution in [-0.4, -0.2) is 57.2 Å². The van der Waals surface area contributed by atoms with E-state index in [2.05, 4.69) is 5.32 Å². The van der Waals surface area contributed by atoms with Crippen molar-refractivity contribution in [2.24, 2.45) is 0 Å². The highest BCUT2D eigenvalue weighted by molar-refractivity contribution is 7.98. The zero-order valence-electron chi connectivity index (χ0n) is 16.8. The molecule has 6 nitrogen and oxygen atoms in total. The number of hydrogen-bond acceptors (Lipinski definition) is 5. The Balaban J connectivity index is 1.57. The van der Waals surface area contributed by atoms with Crippen LogP contribution in [0.2, 0.25) is 5.02 Å². The smallest absolute Gasteiger partial charge is 0.251 e. The summed E-state index contributed by atoms with van der Waals surface area (Å²) >= 11 is 7.82. The van der Waals surface area contributed by atoms with Gasteiger partial charge in [0.15, 0.2) is 0 Å². The summed E-state index contributed by atoms with van der Waals surface area (Å²) in [5.41, 5.74) is 2.17. The Morgan fingerprint density at radius 1 is 1.20 bits per heavy atom. The Hall–Kier alpha value is -1.58. The van der Waals surface area contributed by atoms with Crippen LogP contribution in [0, 0.1) is 6.92 Å². The maximum Gasteiger partial charge on any atom is 0.251 e. The number of amides is 1. The van der Waals surface area contributed by atoms with E-state index >= 15 is 0 Å². The predicted octanol–water partition coefficient (Wildman–Crippen LogP) is 3.33. The van der Waals surface area contributed by atoms with Gasteiger partial charge in [-0.15, -0.1) is 0 Å². The number of thioether (sulfide) groups is 1. The highest BCUT2D eigenvalue weighted by Crippen LogP contribution is 2.22. The molecule has 9 heteroatoms. The monoisotopic (exact) mass is 468 g/mol. The van der Waals surface area contributed by atoms with Crippen molar-refractivity contribution >= 4 is 39.3 Å². The topological polar surface area (TPSA) is 75.7 Å². The van der Waals surface area contributed by atoms with Gasteiger partial charge in [0.1, 0.15) is 0 Å². The molecule has 0 saturated carbocycles. The fourth-order valence-corrected chi connectivity index (χ4v) is 5.65. The maximum atomic E-state index is 12.9. The number of ether oxygens (including phenoxy) is 1. The molecular weight excluding hydrogens is 444 g/mol. The minimum absolute atomic E-state index is 0.133. The molecule has 0 atom stereocenters. The number of aryl methyl sites for hydroxylation is 1. The molecule has 30 heavy (non-hydrogen) atoms. The van der Waals surface area contributed by atoms with Crippen molar-refractivity contribution in [2.45, 2.75) is 17.6 Å². The first kappa shape index (κ1) is 23.1. The van der Waals surface area contributed by atoms with Crippen molar-refractivity contribution in [3.63, 3.8) is 0 Å². The number of morpholine rings is 1. The molecule has 2 aromatic carbocycles. The summed E-state index contributed by atoms with van der Waals surface area (Å²) in [6.07, 6.45) is 0. The molecule has 0 radical (unpaired) electrons. The molecule has 1 aliphatic heterocycles. The van der Waals surface area contributed by atoms with E-state index in [9.17, 15) is 13.2 Å². The first-order chi connectivity index (χ1) is 14.4. The van der Waals surface area contributed by atoms with Crippen LogP contribution >= 0.6 is 23.4 Å². The third-order valence-corrected chi connectivity index (χ3v) is 8.08. The van der Waals surface area contributed by atoms with E-state index in [0.29, 0.717) is 38.4 Å². The number of nitrogens with one attached hydrogen (secondary N) is 1. The van der Waals surface area contributed by atoms with Crippen molar-refractivity contribution in [1.82, 2.24) is 9.62 Å². The fourth-order valence-electron chi connectivity index (χ4n) is 3.07. The van der Waals surface area contributed by atoms with Crippen LogP contribution in [0.5, 0.6) is 0 Å². The Morgan fingerprint density at radius 2 is 1.93 bits per heavy atom. The minimum atomic E-state index is -3.64. The summed E-state index contributed by atoms with van der Waals surface area (Å²) in [5, 5.41) is 3.62. The normalized spacial score (nSPS) is 15.1. The van der Waals surface area contributed by atoms with Crippen molar-refractivity contribution in [3.05, 3.63) is 64.2 Å². The number of benzene rings is 2. The lowest BCUT2D eigenvalue weighted by atomic mass is 10.1. The molecule has 0 bridgehead atoms. The van der Waals surface area contributed by atoms with Gasteiger partial charge in [0, 0.05) is 41.7 Å². The lowest BCUT2D eigenvalue weighted by molar-refractivity contribution is 0.0730. The van der Waals surface area contributed by atoms with Crippen LogP contribution in [0.1, 0.15) is 21.5 Å². The van der Waals surface area contributed by atoms with Crippen LogP contribution < -0.4 is 5.32 Å². The third-order valence-electron chi connectivity index (χ3n) is 4.81. The van der Waals surface area contributed by atoms with Crippen LogP contribution in [0.3, 0.4) is 0 Å². The van der Waals surface area contributed by atoms with Crippen LogP contribution in [0.4, 0.5) is 0 Å².